The van der Waals surface area contributed by atoms with Crippen LogP contribution in [0.1, 0.15) is 26.2 Å². The van der Waals surface area contributed by atoms with E-state index in [2.05, 4.69) is 18.0 Å². The summed E-state index contributed by atoms with van der Waals surface area (Å²) in [5, 5.41) is 9.85. The van der Waals surface area contributed by atoms with Crippen molar-refractivity contribution in [2.75, 3.05) is 0 Å². The standard InChI is InChI=1S/C11H17NO/c1-8-4-5-10(13)11-9(7-8)3-2-6-12-11/h2-3,6,8-11,13H,4-5,7H2,1H3. The molecule has 13 heavy (non-hydrogen) atoms. The van der Waals surface area contributed by atoms with Crippen molar-refractivity contribution in [3.8, 4) is 0 Å². The fourth-order valence-corrected chi connectivity index (χ4v) is 2.38. The maximum absolute atomic E-state index is 9.85. The Balaban J connectivity index is 2.15. The number of fused-ring (bicyclic) bond motifs is 1. The van der Waals surface area contributed by atoms with Crippen LogP contribution in [0.3, 0.4) is 0 Å². The fourth-order valence-electron chi connectivity index (χ4n) is 2.38. The third-order valence-corrected chi connectivity index (χ3v) is 3.17. The molecule has 1 fully saturated rings. The van der Waals surface area contributed by atoms with Crippen LogP contribution in [0, 0.1) is 11.8 Å². The molecule has 2 rings (SSSR count). The molecular weight excluding hydrogens is 162 g/mol. The van der Waals surface area contributed by atoms with Crippen LogP contribution in [0.25, 0.3) is 0 Å². The van der Waals surface area contributed by atoms with Crippen LogP contribution in [0.2, 0.25) is 0 Å². The highest BCUT2D eigenvalue weighted by Gasteiger charge is 2.31. The monoisotopic (exact) mass is 179 g/mol. The smallest absolute Gasteiger partial charge is 0.0821 e. The first-order chi connectivity index (χ1) is 6.27. The lowest BCUT2D eigenvalue weighted by Crippen LogP contribution is -2.30. The van der Waals surface area contributed by atoms with Gasteiger partial charge in [0.25, 0.3) is 0 Å². The van der Waals surface area contributed by atoms with Crippen molar-refractivity contribution >= 4 is 6.21 Å². The third-order valence-electron chi connectivity index (χ3n) is 3.17. The topological polar surface area (TPSA) is 32.6 Å². The lowest BCUT2D eigenvalue weighted by molar-refractivity contribution is 0.126. The van der Waals surface area contributed by atoms with Gasteiger partial charge in [-0.1, -0.05) is 13.0 Å². The van der Waals surface area contributed by atoms with Gasteiger partial charge in [-0.05, 0) is 31.3 Å². The normalized spacial score (nSPS) is 44.2. The minimum Gasteiger partial charge on any atom is -0.391 e. The average molecular weight is 179 g/mol. The molecule has 1 aliphatic carbocycles. The number of dihydropyridines is 1. The predicted octanol–water partition coefficient (Wildman–Crippen LogP) is 1.79. The number of aliphatic hydroxyl groups excluding tert-OH is 1. The number of hydrogen-bond acceptors (Lipinski definition) is 2. The summed E-state index contributed by atoms with van der Waals surface area (Å²) < 4.78 is 0. The Hall–Kier alpha value is -0.630. The Labute approximate surface area is 79.4 Å². The molecule has 0 radical (unpaired) electrons. The second-order valence-electron chi connectivity index (χ2n) is 4.32. The zero-order valence-corrected chi connectivity index (χ0v) is 8.06. The molecule has 2 heteroatoms. The molecule has 4 unspecified atom stereocenters. The highest BCUT2D eigenvalue weighted by atomic mass is 16.3. The van der Waals surface area contributed by atoms with Gasteiger partial charge in [-0.2, -0.15) is 0 Å². The maximum atomic E-state index is 9.85. The van der Waals surface area contributed by atoms with Crippen molar-refractivity contribution in [2.45, 2.75) is 38.3 Å². The molecule has 4 atom stereocenters. The van der Waals surface area contributed by atoms with Crippen LogP contribution in [0.4, 0.5) is 0 Å². The first-order valence-corrected chi connectivity index (χ1v) is 5.15. The van der Waals surface area contributed by atoms with Gasteiger partial charge in [0, 0.05) is 12.1 Å². The minimum atomic E-state index is -0.226. The predicted molar refractivity (Wildman–Crippen MR) is 53.9 cm³/mol. The Morgan fingerprint density at radius 3 is 3.08 bits per heavy atom. The lowest BCUT2D eigenvalue weighted by Gasteiger charge is -2.24. The Morgan fingerprint density at radius 2 is 2.23 bits per heavy atom. The first kappa shape index (κ1) is 8.95. The van der Waals surface area contributed by atoms with Gasteiger partial charge in [0.2, 0.25) is 0 Å². The van der Waals surface area contributed by atoms with Crippen LogP contribution in [0.5, 0.6) is 0 Å². The molecule has 0 saturated heterocycles. The summed E-state index contributed by atoms with van der Waals surface area (Å²) in [6.45, 7) is 2.27. The van der Waals surface area contributed by atoms with E-state index in [-0.39, 0.29) is 12.1 Å². The molecule has 0 bridgehead atoms. The van der Waals surface area contributed by atoms with Crippen LogP contribution in [0.15, 0.2) is 17.1 Å². The third kappa shape index (κ3) is 1.83. The Kier molecular flexibility index (Phi) is 2.49. The summed E-state index contributed by atoms with van der Waals surface area (Å²) in [6.07, 6.45) is 9.02. The number of hydrogen-bond donors (Lipinski definition) is 1. The summed E-state index contributed by atoms with van der Waals surface area (Å²) >= 11 is 0. The number of aliphatic imine (C=N–C) groups is 1. The molecule has 2 nitrogen and oxygen atoms in total. The van der Waals surface area contributed by atoms with Crippen LogP contribution >= 0.6 is 0 Å². The van der Waals surface area contributed by atoms with Gasteiger partial charge in [-0.15, -0.1) is 0 Å². The molecule has 2 aliphatic rings. The maximum Gasteiger partial charge on any atom is 0.0821 e. The fraction of sp³-hybridized carbons (Fsp3) is 0.727. The molecule has 1 heterocycles. The van der Waals surface area contributed by atoms with Gasteiger partial charge in [-0.3, -0.25) is 4.99 Å². The van der Waals surface area contributed by atoms with Crippen LogP contribution in [-0.2, 0) is 0 Å². The van der Waals surface area contributed by atoms with Gasteiger partial charge in [-0.25, -0.2) is 0 Å². The summed E-state index contributed by atoms with van der Waals surface area (Å²) in [5.74, 6) is 1.19. The SMILES string of the molecule is CC1CCC(O)C2N=CC=CC2C1. The molecule has 0 aromatic heterocycles. The molecule has 0 amide bonds. The Bertz CT molecular complexity index is 234. The molecule has 0 aromatic carbocycles. The van der Waals surface area contributed by atoms with Crippen molar-refractivity contribution in [1.82, 2.24) is 0 Å². The summed E-state index contributed by atoms with van der Waals surface area (Å²) in [7, 11) is 0. The van der Waals surface area contributed by atoms with E-state index < -0.39 is 0 Å². The Morgan fingerprint density at radius 1 is 1.38 bits per heavy atom. The van der Waals surface area contributed by atoms with Crippen molar-refractivity contribution < 1.29 is 5.11 Å². The number of rotatable bonds is 0. The quantitative estimate of drug-likeness (QED) is 0.604. The van der Waals surface area contributed by atoms with Gasteiger partial charge in [0.1, 0.15) is 0 Å². The van der Waals surface area contributed by atoms with E-state index in [1.54, 1.807) is 0 Å². The largest absolute Gasteiger partial charge is 0.391 e. The van der Waals surface area contributed by atoms with Crippen molar-refractivity contribution in [2.24, 2.45) is 16.8 Å². The molecule has 1 saturated carbocycles. The van der Waals surface area contributed by atoms with Crippen molar-refractivity contribution in [1.29, 1.82) is 0 Å². The molecule has 1 N–H and O–H groups in total. The first-order valence-electron chi connectivity index (χ1n) is 5.15. The zero-order chi connectivity index (χ0) is 9.26. The van der Waals surface area contributed by atoms with E-state index in [4.69, 9.17) is 0 Å². The average Bonchev–Trinajstić information content (AvgIpc) is 2.27. The van der Waals surface area contributed by atoms with E-state index in [9.17, 15) is 5.11 Å². The van der Waals surface area contributed by atoms with Crippen LogP contribution < -0.4 is 0 Å². The second kappa shape index (κ2) is 3.62. The molecule has 1 aliphatic heterocycles. The highest BCUT2D eigenvalue weighted by molar-refractivity contribution is 5.72. The molecular formula is C11H17NO. The van der Waals surface area contributed by atoms with Crippen molar-refractivity contribution in [3.63, 3.8) is 0 Å². The van der Waals surface area contributed by atoms with E-state index in [1.807, 2.05) is 12.3 Å². The van der Waals surface area contributed by atoms with Gasteiger partial charge in [0.05, 0.1) is 12.1 Å². The van der Waals surface area contributed by atoms with E-state index in [0.717, 1.165) is 18.8 Å². The lowest BCUT2D eigenvalue weighted by atomic mass is 9.89. The summed E-state index contributed by atoms with van der Waals surface area (Å²) in [6, 6.07) is 0.134. The van der Waals surface area contributed by atoms with Gasteiger partial charge < -0.3 is 5.11 Å². The molecule has 72 valence electrons. The van der Waals surface area contributed by atoms with E-state index in [0.29, 0.717) is 5.92 Å². The van der Waals surface area contributed by atoms with E-state index in [1.165, 1.54) is 6.42 Å². The van der Waals surface area contributed by atoms with Crippen LogP contribution in [-0.4, -0.2) is 23.5 Å². The molecule has 0 aromatic rings. The number of allylic oxidation sites excluding steroid dienone is 1. The highest BCUT2D eigenvalue weighted by Crippen LogP contribution is 2.31. The molecule has 0 spiro atoms. The van der Waals surface area contributed by atoms with Gasteiger partial charge >= 0.3 is 0 Å². The van der Waals surface area contributed by atoms with Gasteiger partial charge in [0.15, 0.2) is 0 Å². The minimum absolute atomic E-state index is 0.134. The van der Waals surface area contributed by atoms with E-state index >= 15 is 0 Å². The second-order valence-corrected chi connectivity index (χ2v) is 4.32. The number of aliphatic hydroxyl groups is 1. The zero-order valence-electron chi connectivity index (χ0n) is 8.06. The van der Waals surface area contributed by atoms with Crippen molar-refractivity contribution in [3.05, 3.63) is 12.2 Å². The summed E-state index contributed by atoms with van der Waals surface area (Å²) in [4.78, 5) is 4.37. The number of nitrogens with zero attached hydrogens (tertiary/aromatic N) is 1. The summed E-state index contributed by atoms with van der Waals surface area (Å²) in [5.41, 5.74) is 0.